The fraction of sp³-hybridized carbons (Fsp3) is 0.440. The highest BCUT2D eigenvalue weighted by molar-refractivity contribution is 5.89. The molecule has 0 amide bonds. The van der Waals surface area contributed by atoms with Crippen molar-refractivity contribution in [2.24, 2.45) is 10.4 Å². The van der Waals surface area contributed by atoms with Crippen molar-refractivity contribution in [1.29, 1.82) is 0 Å². The lowest BCUT2D eigenvalue weighted by Gasteiger charge is -2.27. The molecule has 2 aromatic carbocycles. The van der Waals surface area contributed by atoms with Crippen LogP contribution < -0.4 is 10.6 Å². The molecule has 1 aliphatic heterocycles. The van der Waals surface area contributed by atoms with Crippen molar-refractivity contribution in [3.63, 3.8) is 0 Å². The van der Waals surface area contributed by atoms with Crippen molar-refractivity contribution in [3.05, 3.63) is 71.3 Å². The molecule has 0 spiro atoms. The fourth-order valence-corrected chi connectivity index (χ4v) is 3.70. The molecule has 1 atom stereocenters. The summed E-state index contributed by atoms with van der Waals surface area (Å²) in [7, 11) is 0. The highest BCUT2D eigenvalue weighted by atomic mass is 16.5. The van der Waals surface area contributed by atoms with Crippen LogP contribution >= 0.6 is 0 Å². The number of benzene rings is 2. The van der Waals surface area contributed by atoms with Crippen LogP contribution in [0, 0.1) is 5.41 Å². The van der Waals surface area contributed by atoms with Crippen molar-refractivity contribution < 1.29 is 19.4 Å². The van der Waals surface area contributed by atoms with Crippen LogP contribution in [0.2, 0.25) is 0 Å². The summed E-state index contributed by atoms with van der Waals surface area (Å²) in [6, 6.07) is 17.0. The molecule has 3 rings (SSSR count). The molecule has 2 aromatic rings. The minimum Gasteiger partial charge on any atom is -0.457 e. The zero-order valence-corrected chi connectivity index (χ0v) is 18.7. The molecule has 7 nitrogen and oxygen atoms in total. The van der Waals surface area contributed by atoms with Crippen LogP contribution in [0.1, 0.15) is 41.3 Å². The number of hydrogen-bond acceptors (Lipinski definition) is 5. The molecule has 0 aromatic heterocycles. The summed E-state index contributed by atoms with van der Waals surface area (Å²) >= 11 is 0. The molecule has 1 unspecified atom stereocenters. The molecule has 0 saturated carbocycles. The van der Waals surface area contributed by atoms with Gasteiger partial charge in [-0.2, -0.15) is 0 Å². The lowest BCUT2D eigenvalue weighted by Crippen LogP contribution is -2.44. The summed E-state index contributed by atoms with van der Waals surface area (Å²) in [5.41, 5.74) is 2.32. The van der Waals surface area contributed by atoms with Gasteiger partial charge >= 0.3 is 5.97 Å². The molecule has 0 aliphatic carbocycles. The van der Waals surface area contributed by atoms with E-state index in [0.717, 1.165) is 30.7 Å². The van der Waals surface area contributed by atoms with Crippen LogP contribution in [0.3, 0.4) is 0 Å². The largest absolute Gasteiger partial charge is 0.457 e. The molecule has 1 saturated heterocycles. The average molecular weight is 440 g/mol. The predicted molar refractivity (Wildman–Crippen MR) is 124 cm³/mol. The van der Waals surface area contributed by atoms with E-state index in [1.807, 2.05) is 55.5 Å². The van der Waals surface area contributed by atoms with E-state index in [4.69, 9.17) is 9.47 Å². The summed E-state index contributed by atoms with van der Waals surface area (Å²) in [5.74, 6) is 0.352. The number of nitrogens with zero attached hydrogens (tertiary/aromatic N) is 1. The van der Waals surface area contributed by atoms with E-state index in [-0.39, 0.29) is 24.6 Å². The second-order valence-electron chi connectivity index (χ2n) is 8.09. The Morgan fingerprint density at radius 2 is 1.97 bits per heavy atom. The molecule has 3 N–H and O–H groups in total. The van der Waals surface area contributed by atoms with Crippen molar-refractivity contribution in [1.82, 2.24) is 10.6 Å². The Morgan fingerprint density at radius 3 is 2.69 bits per heavy atom. The number of carbonyl (C=O) groups excluding carboxylic acids is 1. The van der Waals surface area contributed by atoms with Gasteiger partial charge in [-0.3, -0.25) is 0 Å². The van der Waals surface area contributed by atoms with E-state index in [1.54, 1.807) is 6.07 Å². The first kappa shape index (κ1) is 23.8. The second kappa shape index (κ2) is 12.2. The number of nitrogens with one attached hydrogen (secondary N) is 2. The van der Waals surface area contributed by atoms with Crippen molar-refractivity contribution >= 4 is 11.9 Å². The molecular weight excluding hydrogens is 406 g/mol. The molecular formula is C25H33N3O4. The van der Waals surface area contributed by atoms with E-state index < -0.39 is 0 Å². The Hall–Kier alpha value is -2.90. The summed E-state index contributed by atoms with van der Waals surface area (Å²) in [4.78, 5) is 17.1. The monoisotopic (exact) mass is 439 g/mol. The highest BCUT2D eigenvalue weighted by Gasteiger charge is 2.34. The maximum atomic E-state index is 12.4. The molecule has 1 aliphatic rings. The summed E-state index contributed by atoms with van der Waals surface area (Å²) in [5, 5.41) is 16.1. The molecule has 0 bridgehead atoms. The maximum Gasteiger partial charge on any atom is 0.338 e. The van der Waals surface area contributed by atoms with Crippen molar-refractivity contribution in [3.8, 4) is 0 Å². The molecule has 0 radical (unpaired) electrons. The van der Waals surface area contributed by atoms with Gasteiger partial charge in [-0.15, -0.1) is 0 Å². The van der Waals surface area contributed by atoms with Gasteiger partial charge in [-0.05, 0) is 43.0 Å². The van der Waals surface area contributed by atoms with Crippen LogP contribution in [-0.2, 0) is 22.6 Å². The molecule has 7 heteroatoms. The van der Waals surface area contributed by atoms with Crippen LogP contribution in [0.4, 0.5) is 0 Å². The van der Waals surface area contributed by atoms with Gasteiger partial charge in [0.25, 0.3) is 0 Å². The van der Waals surface area contributed by atoms with Gasteiger partial charge in [0.05, 0.1) is 18.7 Å². The zero-order chi connectivity index (χ0) is 22.7. The number of aliphatic hydroxyl groups excluding tert-OH is 1. The maximum absolute atomic E-state index is 12.4. The standard InChI is InChI=1S/C25H33N3O4/c1-2-26-24(28-18-25(11-13-29)12-14-31-19-25)27-16-21-9-6-10-22(15-21)23(30)32-17-20-7-4-3-5-8-20/h3-10,15,29H,2,11-14,16-19H2,1H3,(H2,26,27,28). The number of ether oxygens (including phenoxy) is 2. The highest BCUT2D eigenvalue weighted by Crippen LogP contribution is 2.31. The van der Waals surface area contributed by atoms with Crippen molar-refractivity contribution in [2.75, 3.05) is 32.9 Å². The Morgan fingerprint density at radius 1 is 1.16 bits per heavy atom. The van der Waals surface area contributed by atoms with Gasteiger partial charge < -0.3 is 25.2 Å². The quantitative estimate of drug-likeness (QED) is 0.300. The first-order chi connectivity index (χ1) is 15.6. The Kier molecular flexibility index (Phi) is 9.07. The summed E-state index contributed by atoms with van der Waals surface area (Å²) in [6.07, 6.45) is 1.62. The topological polar surface area (TPSA) is 92.2 Å². The Bertz CT molecular complexity index is 880. The number of hydrogen-bond donors (Lipinski definition) is 3. The summed E-state index contributed by atoms with van der Waals surface area (Å²) < 4.78 is 11.0. The number of esters is 1. The zero-order valence-electron chi connectivity index (χ0n) is 18.7. The second-order valence-corrected chi connectivity index (χ2v) is 8.09. The van der Waals surface area contributed by atoms with Crippen molar-refractivity contribution in [2.45, 2.75) is 32.9 Å². The average Bonchev–Trinajstić information content (AvgIpc) is 3.29. The van der Waals surface area contributed by atoms with Gasteiger partial charge in [-0.25, -0.2) is 9.79 Å². The number of rotatable bonds is 10. The van der Waals surface area contributed by atoms with Crippen LogP contribution in [0.25, 0.3) is 0 Å². The third-order valence-electron chi connectivity index (χ3n) is 5.60. The lowest BCUT2D eigenvalue weighted by molar-refractivity contribution is 0.0472. The SMILES string of the molecule is CCNC(=NCc1cccc(C(=O)OCc2ccccc2)c1)NCC1(CCO)CCOC1. The van der Waals surface area contributed by atoms with E-state index >= 15 is 0 Å². The van der Waals surface area contributed by atoms with E-state index in [9.17, 15) is 9.90 Å². The van der Waals surface area contributed by atoms with Crippen LogP contribution in [-0.4, -0.2) is 49.9 Å². The smallest absolute Gasteiger partial charge is 0.338 e. The number of aliphatic hydroxyl groups is 1. The Labute approximate surface area is 189 Å². The minimum absolute atomic E-state index is 0.0621. The van der Waals surface area contributed by atoms with Crippen LogP contribution in [0.15, 0.2) is 59.6 Å². The fourth-order valence-electron chi connectivity index (χ4n) is 3.70. The Balaban J connectivity index is 1.58. The number of guanidine groups is 1. The number of aliphatic imine (C=N–C) groups is 1. The molecule has 172 valence electrons. The van der Waals surface area contributed by atoms with Gasteiger partial charge in [-0.1, -0.05) is 42.5 Å². The van der Waals surface area contributed by atoms with Gasteiger partial charge in [0.15, 0.2) is 5.96 Å². The first-order valence-corrected chi connectivity index (χ1v) is 11.1. The third-order valence-corrected chi connectivity index (χ3v) is 5.60. The normalized spacial score (nSPS) is 18.4. The lowest BCUT2D eigenvalue weighted by atomic mass is 9.84. The third kappa shape index (κ3) is 7.07. The van der Waals surface area contributed by atoms with E-state index in [2.05, 4.69) is 15.6 Å². The van der Waals surface area contributed by atoms with Gasteiger partial charge in [0.1, 0.15) is 6.61 Å². The van der Waals surface area contributed by atoms with E-state index in [1.165, 1.54) is 0 Å². The van der Waals surface area contributed by atoms with Gasteiger partial charge in [0, 0.05) is 31.7 Å². The molecule has 32 heavy (non-hydrogen) atoms. The first-order valence-electron chi connectivity index (χ1n) is 11.1. The van der Waals surface area contributed by atoms with Gasteiger partial charge in [0.2, 0.25) is 0 Å². The van der Waals surface area contributed by atoms with E-state index in [0.29, 0.717) is 37.6 Å². The molecule has 1 fully saturated rings. The minimum atomic E-state index is -0.350. The summed E-state index contributed by atoms with van der Waals surface area (Å²) in [6.45, 7) is 5.63. The number of carbonyl (C=O) groups is 1. The van der Waals surface area contributed by atoms with Crippen LogP contribution in [0.5, 0.6) is 0 Å². The predicted octanol–water partition coefficient (Wildman–Crippen LogP) is 2.89. The molecule has 1 heterocycles.